The molecular formula is C10H10ClNO4. The SMILES string of the molecule is CCOC(=O)Cn1cc(C(=O)Cl)ccc1=O. The first-order chi connectivity index (χ1) is 7.54. The van der Waals surface area contributed by atoms with Gasteiger partial charge in [0.05, 0.1) is 12.2 Å². The van der Waals surface area contributed by atoms with Crippen LogP contribution in [-0.2, 0) is 16.1 Å². The van der Waals surface area contributed by atoms with E-state index in [9.17, 15) is 14.4 Å². The molecule has 0 aliphatic heterocycles. The molecule has 0 saturated carbocycles. The predicted molar refractivity (Wildman–Crippen MR) is 57.5 cm³/mol. The summed E-state index contributed by atoms with van der Waals surface area (Å²) >= 11 is 5.25. The van der Waals surface area contributed by atoms with Crippen LogP contribution in [0.25, 0.3) is 0 Å². The first kappa shape index (κ1) is 12.4. The Bertz CT molecular complexity index is 466. The van der Waals surface area contributed by atoms with Gasteiger partial charge < -0.3 is 9.30 Å². The Labute approximate surface area is 96.6 Å². The van der Waals surface area contributed by atoms with Crippen molar-refractivity contribution in [3.05, 3.63) is 34.2 Å². The fourth-order valence-corrected chi connectivity index (χ4v) is 1.23. The highest BCUT2D eigenvalue weighted by molar-refractivity contribution is 6.67. The smallest absolute Gasteiger partial charge is 0.326 e. The number of pyridine rings is 1. The zero-order valence-corrected chi connectivity index (χ0v) is 9.36. The van der Waals surface area contributed by atoms with E-state index >= 15 is 0 Å². The van der Waals surface area contributed by atoms with Crippen molar-refractivity contribution in [2.45, 2.75) is 13.5 Å². The lowest BCUT2D eigenvalue weighted by Crippen LogP contribution is -2.25. The van der Waals surface area contributed by atoms with Crippen LogP contribution in [0.15, 0.2) is 23.1 Å². The van der Waals surface area contributed by atoms with Gasteiger partial charge in [-0.3, -0.25) is 14.4 Å². The van der Waals surface area contributed by atoms with Gasteiger partial charge in [-0.25, -0.2) is 0 Å². The number of carbonyl (C=O) groups excluding carboxylic acids is 2. The predicted octanol–water partition coefficient (Wildman–Crippen LogP) is 0.790. The largest absolute Gasteiger partial charge is 0.465 e. The molecule has 0 spiro atoms. The summed E-state index contributed by atoms with van der Waals surface area (Å²) in [5.41, 5.74) is -0.236. The summed E-state index contributed by atoms with van der Waals surface area (Å²) in [6, 6.07) is 2.48. The summed E-state index contributed by atoms with van der Waals surface area (Å²) in [6.07, 6.45) is 1.23. The van der Waals surface area contributed by atoms with Crippen LogP contribution < -0.4 is 5.56 Å². The third-order valence-electron chi connectivity index (χ3n) is 1.82. The van der Waals surface area contributed by atoms with E-state index in [1.807, 2.05) is 0 Å². The van der Waals surface area contributed by atoms with Gasteiger partial charge in [-0.15, -0.1) is 0 Å². The van der Waals surface area contributed by atoms with Crippen molar-refractivity contribution in [2.24, 2.45) is 0 Å². The van der Waals surface area contributed by atoms with Crippen molar-refractivity contribution in [3.8, 4) is 0 Å². The molecule has 0 amide bonds. The lowest BCUT2D eigenvalue weighted by Gasteiger charge is -2.05. The highest BCUT2D eigenvalue weighted by Gasteiger charge is 2.08. The number of ether oxygens (including phenoxy) is 1. The average Bonchev–Trinajstić information content (AvgIpc) is 2.21. The second-order valence-corrected chi connectivity index (χ2v) is 3.31. The molecular weight excluding hydrogens is 234 g/mol. The molecule has 0 N–H and O–H groups in total. The highest BCUT2D eigenvalue weighted by Crippen LogP contribution is 2.00. The number of hydrogen-bond donors (Lipinski definition) is 0. The van der Waals surface area contributed by atoms with Crippen molar-refractivity contribution in [1.29, 1.82) is 0 Å². The minimum absolute atomic E-state index is 0.158. The van der Waals surface area contributed by atoms with Crippen LogP contribution >= 0.6 is 11.6 Å². The van der Waals surface area contributed by atoms with E-state index in [0.29, 0.717) is 0 Å². The minimum atomic E-state index is -0.683. The molecule has 0 radical (unpaired) electrons. The molecule has 0 unspecified atom stereocenters. The third kappa shape index (κ3) is 3.20. The minimum Gasteiger partial charge on any atom is -0.465 e. The second kappa shape index (κ2) is 5.46. The van der Waals surface area contributed by atoms with Crippen LogP contribution in [0.4, 0.5) is 0 Å². The lowest BCUT2D eigenvalue weighted by molar-refractivity contribution is -0.143. The Hall–Kier alpha value is -1.62. The van der Waals surface area contributed by atoms with Crippen LogP contribution in [0, 0.1) is 0 Å². The van der Waals surface area contributed by atoms with E-state index in [4.69, 9.17) is 11.6 Å². The number of esters is 1. The Morgan fingerprint density at radius 3 is 2.69 bits per heavy atom. The summed E-state index contributed by atoms with van der Waals surface area (Å²) in [7, 11) is 0. The molecule has 0 atom stereocenters. The Kier molecular flexibility index (Phi) is 4.25. The maximum atomic E-state index is 11.3. The first-order valence-electron chi connectivity index (χ1n) is 4.60. The van der Waals surface area contributed by atoms with Gasteiger partial charge in [-0.1, -0.05) is 0 Å². The normalized spacial score (nSPS) is 9.88. The van der Waals surface area contributed by atoms with Gasteiger partial charge in [0.25, 0.3) is 10.8 Å². The van der Waals surface area contributed by atoms with Crippen LogP contribution in [0.2, 0.25) is 0 Å². The number of nitrogens with zero attached hydrogens (tertiary/aromatic N) is 1. The van der Waals surface area contributed by atoms with E-state index in [0.717, 1.165) is 4.57 Å². The van der Waals surface area contributed by atoms with Crippen LogP contribution in [0.3, 0.4) is 0 Å². The summed E-state index contributed by atoms with van der Waals surface area (Å²) in [5.74, 6) is -0.538. The summed E-state index contributed by atoms with van der Waals surface area (Å²) in [5, 5.41) is -0.683. The van der Waals surface area contributed by atoms with Crippen molar-refractivity contribution in [1.82, 2.24) is 4.57 Å². The molecule has 0 saturated heterocycles. The molecule has 1 heterocycles. The summed E-state index contributed by atoms with van der Waals surface area (Å²) in [4.78, 5) is 33.3. The van der Waals surface area contributed by atoms with Gasteiger partial charge in [0.15, 0.2) is 0 Å². The highest BCUT2D eigenvalue weighted by atomic mass is 35.5. The van der Waals surface area contributed by atoms with Crippen molar-refractivity contribution in [3.63, 3.8) is 0 Å². The standard InChI is InChI=1S/C10H10ClNO4/c1-2-16-9(14)6-12-5-7(10(11)15)3-4-8(12)13/h3-5H,2,6H2,1H3. The molecule has 1 rings (SSSR count). The topological polar surface area (TPSA) is 65.4 Å². The molecule has 16 heavy (non-hydrogen) atoms. The number of aromatic nitrogens is 1. The number of carbonyl (C=O) groups is 2. The van der Waals surface area contributed by atoms with Crippen LogP contribution in [-0.4, -0.2) is 22.4 Å². The van der Waals surface area contributed by atoms with Gasteiger partial charge in [0.2, 0.25) is 0 Å². The zero-order valence-electron chi connectivity index (χ0n) is 8.60. The molecule has 1 aromatic heterocycles. The molecule has 0 aliphatic carbocycles. The fourth-order valence-electron chi connectivity index (χ4n) is 1.12. The van der Waals surface area contributed by atoms with Gasteiger partial charge in [-0.05, 0) is 24.6 Å². The zero-order chi connectivity index (χ0) is 12.1. The molecule has 5 nitrogen and oxygen atoms in total. The fraction of sp³-hybridized carbons (Fsp3) is 0.300. The van der Waals surface area contributed by atoms with E-state index in [1.165, 1.54) is 18.3 Å². The molecule has 1 aromatic rings. The van der Waals surface area contributed by atoms with Crippen molar-refractivity contribution < 1.29 is 14.3 Å². The van der Waals surface area contributed by atoms with Gasteiger partial charge in [0.1, 0.15) is 6.54 Å². The van der Waals surface area contributed by atoms with E-state index in [-0.39, 0.29) is 18.7 Å². The molecule has 0 bridgehead atoms. The number of rotatable bonds is 4. The number of hydrogen-bond acceptors (Lipinski definition) is 4. The summed E-state index contributed by atoms with van der Waals surface area (Å²) in [6.45, 7) is 1.67. The Balaban J connectivity index is 2.94. The Morgan fingerprint density at radius 2 is 2.12 bits per heavy atom. The van der Waals surface area contributed by atoms with Gasteiger partial charge in [0, 0.05) is 12.3 Å². The van der Waals surface area contributed by atoms with Crippen molar-refractivity contribution in [2.75, 3.05) is 6.61 Å². The van der Waals surface area contributed by atoms with Gasteiger partial charge >= 0.3 is 5.97 Å². The third-order valence-corrected chi connectivity index (χ3v) is 2.03. The molecule has 0 aliphatic rings. The lowest BCUT2D eigenvalue weighted by atomic mass is 10.3. The Morgan fingerprint density at radius 1 is 1.44 bits per heavy atom. The van der Waals surface area contributed by atoms with Crippen molar-refractivity contribution >= 4 is 22.8 Å². The maximum Gasteiger partial charge on any atom is 0.326 e. The maximum absolute atomic E-state index is 11.3. The quantitative estimate of drug-likeness (QED) is 0.579. The molecule has 0 fully saturated rings. The second-order valence-electron chi connectivity index (χ2n) is 2.96. The monoisotopic (exact) mass is 243 g/mol. The number of halogens is 1. The average molecular weight is 244 g/mol. The van der Waals surface area contributed by atoms with E-state index in [2.05, 4.69) is 4.74 Å². The van der Waals surface area contributed by atoms with E-state index in [1.54, 1.807) is 6.92 Å². The van der Waals surface area contributed by atoms with E-state index < -0.39 is 16.8 Å². The van der Waals surface area contributed by atoms with Crippen LogP contribution in [0.1, 0.15) is 17.3 Å². The van der Waals surface area contributed by atoms with Gasteiger partial charge in [-0.2, -0.15) is 0 Å². The van der Waals surface area contributed by atoms with Crippen LogP contribution in [0.5, 0.6) is 0 Å². The first-order valence-corrected chi connectivity index (χ1v) is 4.98. The molecule has 86 valence electrons. The molecule has 0 aromatic carbocycles. The molecule has 6 heteroatoms. The summed E-state index contributed by atoms with van der Waals surface area (Å²) < 4.78 is 5.76.